The van der Waals surface area contributed by atoms with Crippen LogP contribution in [0.1, 0.15) is 26.2 Å². The SMILES string of the molecule is CCOc1ccccc1OC1=COC2CC(OC(=O)N(c3ccccc3)c3ccccc3)CCC2C1=O. The topological polar surface area (TPSA) is 74.3 Å². The molecule has 0 aromatic heterocycles. The molecule has 0 bridgehead atoms. The highest BCUT2D eigenvalue weighted by Gasteiger charge is 2.42. The molecule has 7 heteroatoms. The van der Waals surface area contributed by atoms with Crippen molar-refractivity contribution in [3.05, 3.63) is 97.0 Å². The molecule has 190 valence electrons. The Morgan fingerprint density at radius 3 is 2.16 bits per heavy atom. The van der Waals surface area contributed by atoms with Crippen molar-refractivity contribution in [3.63, 3.8) is 0 Å². The zero-order chi connectivity index (χ0) is 25.6. The molecule has 1 saturated carbocycles. The highest BCUT2D eigenvalue weighted by atomic mass is 16.6. The molecule has 1 heterocycles. The summed E-state index contributed by atoms with van der Waals surface area (Å²) < 4.78 is 23.4. The molecular weight excluding hydrogens is 470 g/mol. The number of hydrogen-bond donors (Lipinski definition) is 0. The van der Waals surface area contributed by atoms with E-state index in [9.17, 15) is 9.59 Å². The average Bonchev–Trinajstić information content (AvgIpc) is 2.93. The second-order valence-corrected chi connectivity index (χ2v) is 8.93. The van der Waals surface area contributed by atoms with Gasteiger partial charge in [-0.1, -0.05) is 48.5 Å². The van der Waals surface area contributed by atoms with Crippen molar-refractivity contribution >= 4 is 23.3 Å². The molecule has 7 nitrogen and oxygen atoms in total. The van der Waals surface area contributed by atoms with Crippen LogP contribution >= 0.6 is 0 Å². The molecule has 1 aliphatic carbocycles. The Bertz CT molecular complexity index is 1220. The van der Waals surface area contributed by atoms with Crippen LogP contribution in [0.5, 0.6) is 11.5 Å². The molecule has 37 heavy (non-hydrogen) atoms. The fraction of sp³-hybridized carbons (Fsp3) is 0.267. The maximum Gasteiger partial charge on any atom is 0.419 e. The molecule has 1 aliphatic heterocycles. The molecule has 1 amide bonds. The molecule has 3 aromatic rings. The number of para-hydroxylation sites is 4. The van der Waals surface area contributed by atoms with Gasteiger partial charge in [0.25, 0.3) is 0 Å². The van der Waals surface area contributed by atoms with E-state index >= 15 is 0 Å². The number of allylic oxidation sites excluding steroid dienone is 1. The Balaban J connectivity index is 1.26. The van der Waals surface area contributed by atoms with Crippen molar-refractivity contribution in [1.82, 2.24) is 0 Å². The molecular formula is C30H29NO6. The van der Waals surface area contributed by atoms with Gasteiger partial charge in [-0.3, -0.25) is 4.79 Å². The van der Waals surface area contributed by atoms with Crippen LogP contribution in [0.3, 0.4) is 0 Å². The smallest absolute Gasteiger partial charge is 0.419 e. The Kier molecular flexibility index (Phi) is 7.40. The number of carbonyl (C=O) groups excluding carboxylic acids is 2. The Morgan fingerprint density at radius 1 is 0.892 bits per heavy atom. The molecule has 3 unspecified atom stereocenters. The third kappa shape index (κ3) is 5.45. The van der Waals surface area contributed by atoms with Gasteiger partial charge >= 0.3 is 6.09 Å². The molecule has 0 saturated heterocycles. The molecule has 0 radical (unpaired) electrons. The second kappa shape index (κ2) is 11.2. The lowest BCUT2D eigenvalue weighted by molar-refractivity contribution is -0.132. The first-order valence-corrected chi connectivity index (χ1v) is 12.5. The minimum atomic E-state index is -0.463. The average molecular weight is 500 g/mol. The van der Waals surface area contributed by atoms with E-state index in [0.29, 0.717) is 48.7 Å². The number of fused-ring (bicyclic) bond motifs is 1. The summed E-state index contributed by atoms with van der Waals surface area (Å²) in [6, 6.07) is 26.0. The summed E-state index contributed by atoms with van der Waals surface area (Å²) in [7, 11) is 0. The highest BCUT2D eigenvalue weighted by Crippen LogP contribution is 2.37. The molecule has 5 rings (SSSR count). The maximum atomic E-state index is 13.3. The van der Waals surface area contributed by atoms with Gasteiger partial charge in [0, 0.05) is 6.42 Å². The minimum Gasteiger partial charge on any atom is -0.493 e. The van der Waals surface area contributed by atoms with E-state index in [1.54, 1.807) is 17.0 Å². The largest absolute Gasteiger partial charge is 0.493 e. The summed E-state index contributed by atoms with van der Waals surface area (Å²) in [5.74, 6) is 0.729. The van der Waals surface area contributed by atoms with Gasteiger partial charge in [0.2, 0.25) is 11.5 Å². The monoisotopic (exact) mass is 499 g/mol. The van der Waals surface area contributed by atoms with Crippen molar-refractivity contribution < 1.29 is 28.5 Å². The van der Waals surface area contributed by atoms with E-state index in [1.165, 1.54) is 6.26 Å². The lowest BCUT2D eigenvalue weighted by atomic mass is 9.80. The number of ketones is 1. The van der Waals surface area contributed by atoms with Crippen LogP contribution in [0, 0.1) is 5.92 Å². The van der Waals surface area contributed by atoms with Crippen molar-refractivity contribution in [3.8, 4) is 11.5 Å². The molecule has 3 atom stereocenters. The van der Waals surface area contributed by atoms with Gasteiger partial charge in [-0.15, -0.1) is 0 Å². The number of rotatable bonds is 7. The van der Waals surface area contributed by atoms with Crippen LogP contribution in [0.4, 0.5) is 16.2 Å². The maximum absolute atomic E-state index is 13.3. The number of Topliss-reactive ketones (excluding diaryl/α,β-unsaturated/α-hetero) is 1. The number of ether oxygens (including phenoxy) is 4. The summed E-state index contributed by atoms with van der Waals surface area (Å²) in [6.07, 6.45) is 1.68. The van der Waals surface area contributed by atoms with Gasteiger partial charge in [-0.2, -0.15) is 0 Å². The molecule has 0 spiro atoms. The van der Waals surface area contributed by atoms with Gasteiger partial charge in [0.05, 0.1) is 23.9 Å². The van der Waals surface area contributed by atoms with Crippen molar-refractivity contribution in [1.29, 1.82) is 0 Å². The van der Waals surface area contributed by atoms with Gasteiger partial charge < -0.3 is 18.9 Å². The number of benzene rings is 3. The zero-order valence-corrected chi connectivity index (χ0v) is 20.6. The van der Waals surface area contributed by atoms with Gasteiger partial charge in [-0.25, -0.2) is 9.69 Å². The van der Waals surface area contributed by atoms with E-state index < -0.39 is 6.09 Å². The van der Waals surface area contributed by atoms with E-state index in [1.807, 2.05) is 79.7 Å². The van der Waals surface area contributed by atoms with Crippen molar-refractivity contribution in [2.45, 2.75) is 38.4 Å². The van der Waals surface area contributed by atoms with Crippen molar-refractivity contribution in [2.75, 3.05) is 11.5 Å². The summed E-state index contributed by atoms with van der Waals surface area (Å²) in [5.41, 5.74) is 1.43. The van der Waals surface area contributed by atoms with Crippen LogP contribution in [-0.4, -0.2) is 30.7 Å². The lowest BCUT2D eigenvalue weighted by Crippen LogP contribution is -2.44. The first-order valence-electron chi connectivity index (χ1n) is 12.5. The lowest BCUT2D eigenvalue weighted by Gasteiger charge is -2.37. The molecule has 3 aromatic carbocycles. The number of hydrogen-bond acceptors (Lipinski definition) is 6. The number of anilines is 2. The molecule has 1 fully saturated rings. The van der Waals surface area contributed by atoms with Gasteiger partial charge in [0.1, 0.15) is 18.5 Å². The fourth-order valence-electron chi connectivity index (χ4n) is 4.75. The quantitative estimate of drug-likeness (QED) is 0.374. The summed E-state index contributed by atoms with van der Waals surface area (Å²) in [4.78, 5) is 28.1. The number of amides is 1. The fourth-order valence-corrected chi connectivity index (χ4v) is 4.75. The predicted molar refractivity (Wildman–Crippen MR) is 139 cm³/mol. The van der Waals surface area contributed by atoms with E-state index in [4.69, 9.17) is 18.9 Å². The van der Waals surface area contributed by atoms with Crippen molar-refractivity contribution in [2.24, 2.45) is 5.92 Å². The Morgan fingerprint density at radius 2 is 1.51 bits per heavy atom. The van der Waals surface area contributed by atoms with Gasteiger partial charge in [0.15, 0.2) is 11.5 Å². The summed E-state index contributed by atoms with van der Waals surface area (Å²) >= 11 is 0. The van der Waals surface area contributed by atoms with Crippen LogP contribution in [0.2, 0.25) is 0 Å². The standard InChI is InChI=1S/C30H29NO6/c1-2-34-25-15-9-10-16-26(25)37-28-20-35-27-19-23(17-18-24(27)29(28)32)36-30(33)31(21-11-5-3-6-12-21)22-13-7-4-8-14-22/h3-16,20,23-24,27H,2,17-19H2,1H3. The Labute approximate surface area is 216 Å². The third-order valence-electron chi connectivity index (χ3n) is 6.52. The van der Waals surface area contributed by atoms with Crippen LogP contribution in [0.15, 0.2) is 97.0 Å². The normalized spacial score (nSPS) is 20.6. The summed E-state index contributed by atoms with van der Waals surface area (Å²) in [5, 5.41) is 0. The van der Waals surface area contributed by atoms with Crippen LogP contribution in [0.25, 0.3) is 0 Å². The summed E-state index contributed by atoms with van der Waals surface area (Å²) in [6.45, 7) is 2.38. The van der Waals surface area contributed by atoms with E-state index in [0.717, 1.165) is 0 Å². The van der Waals surface area contributed by atoms with E-state index in [2.05, 4.69) is 0 Å². The number of carbonyl (C=O) groups is 2. The predicted octanol–water partition coefficient (Wildman–Crippen LogP) is 6.42. The minimum absolute atomic E-state index is 0.109. The third-order valence-corrected chi connectivity index (χ3v) is 6.52. The molecule has 0 N–H and O–H groups in total. The Hall–Kier alpha value is -4.26. The van der Waals surface area contributed by atoms with Crippen LogP contribution < -0.4 is 14.4 Å². The van der Waals surface area contributed by atoms with Gasteiger partial charge in [-0.05, 0) is 56.2 Å². The highest BCUT2D eigenvalue weighted by molar-refractivity contribution is 5.97. The first kappa shape index (κ1) is 24.4. The van der Waals surface area contributed by atoms with Crippen LogP contribution in [-0.2, 0) is 14.3 Å². The molecule has 2 aliphatic rings. The van der Waals surface area contributed by atoms with E-state index in [-0.39, 0.29) is 29.7 Å². The zero-order valence-electron chi connectivity index (χ0n) is 20.6. The first-order chi connectivity index (χ1) is 18.1. The number of nitrogens with zero attached hydrogens (tertiary/aromatic N) is 1. The second-order valence-electron chi connectivity index (χ2n) is 8.93.